The minimum Gasteiger partial charge on any atom is -0.371 e. The van der Waals surface area contributed by atoms with Crippen molar-refractivity contribution in [3.8, 4) is 0 Å². The maximum atomic E-state index is 12.0. The lowest BCUT2D eigenvalue weighted by Gasteiger charge is -2.45. The van der Waals surface area contributed by atoms with Crippen LogP contribution in [0.5, 0.6) is 0 Å². The van der Waals surface area contributed by atoms with Gasteiger partial charge in [0, 0.05) is 0 Å². The summed E-state index contributed by atoms with van der Waals surface area (Å²) in [7, 11) is 0. The quantitative estimate of drug-likeness (QED) is 0.298. The summed E-state index contributed by atoms with van der Waals surface area (Å²) >= 11 is 0. The lowest BCUT2D eigenvalue weighted by molar-refractivity contribution is -0.496. The van der Waals surface area contributed by atoms with Crippen LogP contribution < -0.4 is 0 Å². The van der Waals surface area contributed by atoms with Crippen molar-refractivity contribution in [2.24, 2.45) is 0 Å². The normalized spacial score (nSPS) is 16.5. The highest BCUT2D eigenvalue weighted by atomic mass is 19.5. The molecular formula is C12H4F24O4. The third-order valence-electron chi connectivity index (χ3n) is 4.33. The minimum absolute atomic E-state index is 7.50. The molecule has 0 heterocycles. The van der Waals surface area contributed by atoms with Crippen LogP contribution in [0.3, 0.4) is 0 Å². The first kappa shape index (κ1) is 40.3. The highest BCUT2D eigenvalue weighted by Crippen LogP contribution is 2.61. The molecule has 0 aromatic carbocycles. The summed E-state index contributed by atoms with van der Waals surface area (Å²) < 4.78 is 289. The van der Waals surface area contributed by atoms with E-state index in [1.807, 2.05) is 0 Å². The summed E-state index contributed by atoms with van der Waals surface area (Å²) in [5.74, 6) is 0. The predicted molar refractivity (Wildman–Crippen MR) is 68.2 cm³/mol. The number of aliphatic hydroxyl groups is 4. The van der Waals surface area contributed by atoms with Crippen molar-refractivity contribution in [1.82, 2.24) is 0 Å². The molecule has 0 atom stereocenters. The van der Waals surface area contributed by atoms with Gasteiger partial charge in [0.15, 0.2) is 0 Å². The van der Waals surface area contributed by atoms with Crippen LogP contribution in [0.4, 0.5) is 105 Å². The van der Waals surface area contributed by atoms with Crippen LogP contribution in [0.2, 0.25) is 0 Å². The van der Waals surface area contributed by atoms with E-state index in [1.165, 1.54) is 0 Å². The van der Waals surface area contributed by atoms with Crippen molar-refractivity contribution < 1.29 is 126 Å². The zero-order chi connectivity index (χ0) is 34.0. The molecule has 0 saturated heterocycles. The highest BCUT2D eigenvalue weighted by molar-refractivity contribution is 5.17. The van der Waals surface area contributed by atoms with Crippen molar-refractivity contribution in [2.45, 2.75) is 71.8 Å². The number of hydrogen-bond donors (Lipinski definition) is 4. The van der Waals surface area contributed by atoms with E-state index in [2.05, 4.69) is 0 Å². The SMILES string of the molecule is OC(C(F)(F)F)(C(F)(F)F)C(O)(C(F)(F)F)C(F)(F)F.OC(C(F)(F)F)(C(F)(F)F)C(O)(C(F)(F)F)C(F)(F)F. The molecule has 0 unspecified atom stereocenters. The summed E-state index contributed by atoms with van der Waals surface area (Å²) in [6.45, 7) is 0. The zero-order valence-corrected chi connectivity index (χ0v) is 16.9. The molecule has 0 radical (unpaired) electrons. The second-order valence-corrected chi connectivity index (χ2v) is 6.82. The number of rotatable bonds is 2. The van der Waals surface area contributed by atoms with Crippen LogP contribution in [0.25, 0.3) is 0 Å². The minimum atomic E-state index is -7.52. The third kappa shape index (κ3) is 5.75. The molecular weight excluding hydrogens is 664 g/mol. The third-order valence-corrected chi connectivity index (χ3v) is 4.33. The smallest absolute Gasteiger partial charge is 0.371 e. The molecule has 40 heavy (non-hydrogen) atoms. The van der Waals surface area contributed by atoms with Crippen molar-refractivity contribution in [3.05, 3.63) is 0 Å². The second kappa shape index (κ2) is 9.87. The Morgan fingerprint density at radius 2 is 0.225 bits per heavy atom. The molecule has 4 N–H and O–H groups in total. The molecule has 0 rings (SSSR count). The van der Waals surface area contributed by atoms with Crippen LogP contribution in [-0.4, -0.2) is 92.2 Å². The van der Waals surface area contributed by atoms with E-state index in [-0.39, 0.29) is 0 Å². The number of alkyl halides is 24. The van der Waals surface area contributed by atoms with Crippen LogP contribution in [0.15, 0.2) is 0 Å². The summed E-state index contributed by atoms with van der Waals surface area (Å²) in [5, 5.41) is 32.5. The van der Waals surface area contributed by atoms with Gasteiger partial charge < -0.3 is 20.4 Å². The van der Waals surface area contributed by atoms with E-state index >= 15 is 0 Å². The largest absolute Gasteiger partial charge is 0.430 e. The number of halogens is 24. The molecule has 0 aliphatic rings. The zero-order valence-electron chi connectivity index (χ0n) is 16.9. The van der Waals surface area contributed by atoms with Gasteiger partial charge in [0.25, 0.3) is 0 Å². The summed E-state index contributed by atoms with van der Waals surface area (Å²) in [6, 6.07) is 0. The molecule has 0 spiro atoms. The molecule has 0 aliphatic carbocycles. The molecule has 28 heteroatoms. The van der Waals surface area contributed by atoms with Crippen molar-refractivity contribution in [1.29, 1.82) is 0 Å². The topological polar surface area (TPSA) is 80.9 Å². The molecule has 0 saturated carbocycles. The summed E-state index contributed by atoms with van der Waals surface area (Å²) in [4.78, 5) is 0. The second-order valence-electron chi connectivity index (χ2n) is 6.82. The van der Waals surface area contributed by atoms with Gasteiger partial charge in [0.05, 0.1) is 0 Å². The maximum Gasteiger partial charge on any atom is 0.430 e. The van der Waals surface area contributed by atoms with Crippen LogP contribution >= 0.6 is 0 Å². The average Bonchev–Trinajstić information content (AvgIpc) is 2.58. The van der Waals surface area contributed by atoms with Crippen molar-refractivity contribution in [3.63, 3.8) is 0 Å². The average molecular weight is 668 g/mol. The fourth-order valence-electron chi connectivity index (χ4n) is 2.28. The Bertz CT molecular complexity index is 656. The number of hydrogen-bond acceptors (Lipinski definition) is 4. The summed E-state index contributed by atoms with van der Waals surface area (Å²) in [5.41, 5.74) is -30.0. The van der Waals surface area contributed by atoms with Gasteiger partial charge in [0.1, 0.15) is 0 Å². The first-order valence-corrected chi connectivity index (χ1v) is 7.93. The highest BCUT2D eigenvalue weighted by Gasteiger charge is 2.95. The Morgan fingerprint density at radius 3 is 0.250 bits per heavy atom. The van der Waals surface area contributed by atoms with E-state index in [0.29, 0.717) is 0 Å². The van der Waals surface area contributed by atoms with E-state index in [9.17, 15) is 105 Å². The Labute approximate surface area is 199 Å². The Balaban J connectivity index is 0. The van der Waals surface area contributed by atoms with Crippen LogP contribution in [0.1, 0.15) is 0 Å². The van der Waals surface area contributed by atoms with Gasteiger partial charge in [-0.3, -0.25) is 0 Å². The lowest BCUT2D eigenvalue weighted by Crippen LogP contribution is -2.80. The molecule has 0 aromatic rings. The first-order valence-electron chi connectivity index (χ1n) is 7.93. The monoisotopic (exact) mass is 668 g/mol. The molecule has 0 fully saturated rings. The Hall–Kier alpha value is -1.84. The van der Waals surface area contributed by atoms with E-state index in [1.54, 1.807) is 0 Å². The maximum absolute atomic E-state index is 12.0. The van der Waals surface area contributed by atoms with Crippen molar-refractivity contribution >= 4 is 0 Å². The van der Waals surface area contributed by atoms with Gasteiger partial charge in [-0.15, -0.1) is 0 Å². The van der Waals surface area contributed by atoms with Gasteiger partial charge >= 0.3 is 71.8 Å². The molecule has 0 bridgehead atoms. The van der Waals surface area contributed by atoms with E-state index in [0.717, 1.165) is 0 Å². The van der Waals surface area contributed by atoms with E-state index < -0.39 is 71.8 Å². The molecule has 0 aliphatic heterocycles. The fourth-order valence-corrected chi connectivity index (χ4v) is 2.28. The van der Waals surface area contributed by atoms with Crippen LogP contribution in [0, 0.1) is 0 Å². The molecule has 0 aromatic heterocycles. The fraction of sp³-hybridized carbons (Fsp3) is 1.00. The molecule has 4 nitrogen and oxygen atoms in total. The van der Waals surface area contributed by atoms with Crippen LogP contribution in [-0.2, 0) is 0 Å². The standard InChI is InChI=1S/2C6H2F12O2/c2*7-3(8,9)1(19,4(10,11)12)2(20,5(13,14)15)6(16,17)18/h2*19-20H. The van der Waals surface area contributed by atoms with E-state index in [4.69, 9.17) is 20.4 Å². The Morgan fingerprint density at radius 1 is 0.175 bits per heavy atom. The lowest BCUT2D eigenvalue weighted by atomic mass is 9.79. The van der Waals surface area contributed by atoms with Gasteiger partial charge in [-0.05, 0) is 0 Å². The summed E-state index contributed by atoms with van der Waals surface area (Å²) in [6.07, 6.45) is -60.2. The first-order chi connectivity index (χ1) is 16.5. The van der Waals surface area contributed by atoms with Crippen molar-refractivity contribution in [2.75, 3.05) is 0 Å². The van der Waals surface area contributed by atoms with Gasteiger partial charge in [-0.1, -0.05) is 0 Å². The van der Waals surface area contributed by atoms with Gasteiger partial charge in [-0.25, -0.2) is 0 Å². The van der Waals surface area contributed by atoms with Gasteiger partial charge in [-0.2, -0.15) is 105 Å². The predicted octanol–water partition coefficient (Wildman–Crippen LogP) is 5.40. The van der Waals surface area contributed by atoms with Gasteiger partial charge in [0.2, 0.25) is 0 Å². The molecule has 244 valence electrons. The Kier molecular flexibility index (Phi) is 9.94. The molecule has 0 amide bonds.